The second-order valence-electron chi connectivity index (χ2n) is 6.59. The van der Waals surface area contributed by atoms with Crippen molar-refractivity contribution in [3.05, 3.63) is 44.6 Å². The molecule has 1 aromatic heterocycles. The van der Waals surface area contributed by atoms with Crippen LogP contribution in [0.15, 0.2) is 27.8 Å². The van der Waals surface area contributed by atoms with Gasteiger partial charge in [-0.1, -0.05) is 19.8 Å². The maximum atomic E-state index is 12.7. The number of aromatic amines is 1. The second-order valence-corrected chi connectivity index (χ2v) is 6.59. The summed E-state index contributed by atoms with van der Waals surface area (Å²) in [5, 5.41) is 3.33. The van der Waals surface area contributed by atoms with E-state index in [0.717, 1.165) is 32.1 Å². The Bertz CT molecular complexity index is 875. The van der Waals surface area contributed by atoms with E-state index in [-0.39, 0.29) is 29.2 Å². The molecule has 6 nitrogen and oxygen atoms in total. The van der Waals surface area contributed by atoms with Gasteiger partial charge in [0, 0.05) is 17.6 Å². The van der Waals surface area contributed by atoms with Gasteiger partial charge in [0.1, 0.15) is 0 Å². The maximum absolute atomic E-state index is 12.7. The van der Waals surface area contributed by atoms with Gasteiger partial charge in [-0.2, -0.15) is 0 Å². The van der Waals surface area contributed by atoms with Gasteiger partial charge >= 0.3 is 5.69 Å². The first-order valence-corrected chi connectivity index (χ1v) is 8.60. The van der Waals surface area contributed by atoms with Crippen molar-refractivity contribution in [2.45, 2.75) is 58.0 Å². The zero-order chi connectivity index (χ0) is 17.3. The van der Waals surface area contributed by atoms with Crippen LogP contribution < -0.4 is 16.6 Å². The summed E-state index contributed by atoms with van der Waals surface area (Å²) < 4.78 is 1.34. The predicted molar refractivity (Wildman–Crippen MR) is 93.6 cm³/mol. The molecule has 0 unspecified atom stereocenters. The lowest BCUT2D eigenvalue weighted by molar-refractivity contribution is 0.0939. The second kappa shape index (κ2) is 6.63. The van der Waals surface area contributed by atoms with Crippen LogP contribution in [0.3, 0.4) is 0 Å². The minimum absolute atomic E-state index is 0.0148. The van der Waals surface area contributed by atoms with Crippen LogP contribution >= 0.6 is 0 Å². The van der Waals surface area contributed by atoms with Gasteiger partial charge in [0.05, 0.1) is 10.9 Å². The Kier molecular flexibility index (Phi) is 4.55. The van der Waals surface area contributed by atoms with E-state index in [1.165, 1.54) is 4.57 Å². The van der Waals surface area contributed by atoms with Gasteiger partial charge in [-0.3, -0.25) is 14.2 Å². The van der Waals surface area contributed by atoms with Gasteiger partial charge in [0.15, 0.2) is 0 Å². The topological polar surface area (TPSA) is 84.0 Å². The molecule has 1 aliphatic rings. The van der Waals surface area contributed by atoms with Crippen molar-refractivity contribution in [3.8, 4) is 0 Å². The number of nitrogens with zero attached hydrogens (tertiary/aromatic N) is 1. The summed E-state index contributed by atoms with van der Waals surface area (Å²) in [4.78, 5) is 40.0. The molecule has 0 saturated heterocycles. The lowest BCUT2D eigenvalue weighted by atomic mass is 10.1. The Morgan fingerprint density at radius 2 is 2.04 bits per heavy atom. The molecule has 0 aliphatic heterocycles. The van der Waals surface area contributed by atoms with E-state index in [2.05, 4.69) is 10.3 Å². The number of nitrogens with one attached hydrogen (secondary N) is 2. The lowest BCUT2D eigenvalue weighted by Crippen LogP contribution is -2.37. The molecule has 1 heterocycles. The van der Waals surface area contributed by atoms with Crippen molar-refractivity contribution in [1.82, 2.24) is 14.9 Å². The number of hydrogen-bond acceptors (Lipinski definition) is 3. The summed E-state index contributed by atoms with van der Waals surface area (Å²) in [6, 6.07) is 4.90. The Labute approximate surface area is 139 Å². The van der Waals surface area contributed by atoms with E-state index in [9.17, 15) is 14.4 Å². The van der Waals surface area contributed by atoms with Gasteiger partial charge < -0.3 is 10.3 Å². The highest BCUT2D eigenvalue weighted by Gasteiger charge is 2.21. The van der Waals surface area contributed by atoms with E-state index in [1.807, 2.05) is 13.8 Å². The number of benzene rings is 1. The molecule has 0 bridgehead atoms. The zero-order valence-electron chi connectivity index (χ0n) is 14.1. The Morgan fingerprint density at radius 3 is 2.71 bits per heavy atom. The van der Waals surface area contributed by atoms with Crippen molar-refractivity contribution >= 4 is 16.8 Å². The third-order valence-electron chi connectivity index (χ3n) is 4.87. The summed E-state index contributed by atoms with van der Waals surface area (Å²) in [6.07, 6.45) is 4.66. The molecule has 1 aromatic carbocycles. The van der Waals surface area contributed by atoms with E-state index in [1.54, 1.807) is 18.2 Å². The van der Waals surface area contributed by atoms with Crippen LogP contribution in [0.2, 0.25) is 0 Å². The predicted octanol–water partition coefficient (Wildman–Crippen LogP) is 2.33. The third-order valence-corrected chi connectivity index (χ3v) is 4.87. The fourth-order valence-electron chi connectivity index (χ4n) is 3.28. The number of rotatable bonds is 4. The number of amides is 1. The summed E-state index contributed by atoms with van der Waals surface area (Å²) >= 11 is 0. The molecule has 1 amide bonds. The maximum Gasteiger partial charge on any atom is 0.329 e. The number of fused-ring (bicyclic) bond motifs is 1. The number of hydrogen-bond donors (Lipinski definition) is 2. The monoisotopic (exact) mass is 329 g/mol. The van der Waals surface area contributed by atoms with Crippen molar-refractivity contribution in [2.75, 3.05) is 0 Å². The smallest absolute Gasteiger partial charge is 0.329 e. The van der Waals surface area contributed by atoms with Crippen LogP contribution in [0, 0.1) is 0 Å². The zero-order valence-corrected chi connectivity index (χ0v) is 14.1. The summed E-state index contributed by atoms with van der Waals surface area (Å²) in [6.45, 7) is 3.93. The Morgan fingerprint density at radius 1 is 1.33 bits per heavy atom. The highest BCUT2D eigenvalue weighted by atomic mass is 16.2. The quantitative estimate of drug-likeness (QED) is 0.903. The highest BCUT2D eigenvalue weighted by molar-refractivity contribution is 5.97. The molecule has 6 heteroatoms. The van der Waals surface area contributed by atoms with Crippen molar-refractivity contribution in [1.29, 1.82) is 0 Å². The van der Waals surface area contributed by atoms with Crippen molar-refractivity contribution in [2.24, 2.45) is 0 Å². The lowest BCUT2D eigenvalue weighted by Gasteiger charge is -2.14. The number of carbonyl (C=O) groups is 1. The van der Waals surface area contributed by atoms with Crippen LogP contribution in [0.5, 0.6) is 0 Å². The molecular formula is C18H23N3O3. The molecule has 2 N–H and O–H groups in total. The number of aromatic nitrogens is 2. The molecule has 0 radical (unpaired) electrons. The third kappa shape index (κ3) is 3.00. The van der Waals surface area contributed by atoms with Gasteiger partial charge in [0.25, 0.3) is 11.5 Å². The number of carbonyl (C=O) groups excluding carboxylic acids is 1. The molecule has 3 rings (SSSR count). The highest BCUT2D eigenvalue weighted by Crippen LogP contribution is 2.27. The van der Waals surface area contributed by atoms with E-state index < -0.39 is 0 Å². The molecule has 1 aliphatic carbocycles. The van der Waals surface area contributed by atoms with Crippen LogP contribution in [-0.4, -0.2) is 21.5 Å². The van der Waals surface area contributed by atoms with Crippen molar-refractivity contribution in [3.63, 3.8) is 0 Å². The van der Waals surface area contributed by atoms with Crippen LogP contribution in [-0.2, 0) is 0 Å². The van der Waals surface area contributed by atoms with E-state index in [4.69, 9.17) is 0 Å². The fourth-order valence-corrected chi connectivity index (χ4v) is 3.28. The molecule has 2 aromatic rings. The molecule has 24 heavy (non-hydrogen) atoms. The fraction of sp³-hybridized carbons (Fsp3) is 0.500. The van der Waals surface area contributed by atoms with E-state index in [0.29, 0.717) is 16.5 Å². The molecule has 128 valence electrons. The minimum Gasteiger partial charge on any atom is -0.350 e. The average molecular weight is 329 g/mol. The first-order chi connectivity index (χ1) is 11.5. The average Bonchev–Trinajstić information content (AvgIpc) is 3.08. The first kappa shape index (κ1) is 16.5. The molecule has 1 saturated carbocycles. The van der Waals surface area contributed by atoms with Gasteiger partial charge in [-0.25, -0.2) is 4.79 Å². The Balaban J connectivity index is 2.03. The molecule has 0 spiro atoms. The van der Waals surface area contributed by atoms with Gasteiger partial charge in [0.2, 0.25) is 0 Å². The van der Waals surface area contributed by atoms with Crippen LogP contribution in [0.25, 0.3) is 10.9 Å². The minimum atomic E-state index is -0.390. The van der Waals surface area contributed by atoms with Gasteiger partial charge in [-0.05, 0) is 44.4 Å². The Hall–Kier alpha value is -2.37. The molecular weight excluding hydrogens is 306 g/mol. The standard InChI is InChI=1S/C18H23N3O3/c1-3-11(2)19-16(22)12-8-9-14-15(10-12)20-18(24)21(17(14)23)13-6-4-5-7-13/h8-11,13H,3-7H2,1-2H3,(H,19,22)(H,20,24)/t11-/m0/s1. The SMILES string of the molecule is CC[C@H](C)NC(=O)c1ccc2c(=O)n(C3CCCC3)c(=O)[nH]c2c1. The molecule has 1 atom stereocenters. The number of H-pyrrole nitrogens is 1. The first-order valence-electron chi connectivity index (χ1n) is 8.60. The summed E-state index contributed by atoms with van der Waals surface area (Å²) in [5.41, 5.74) is 0.195. The molecule has 1 fully saturated rings. The van der Waals surface area contributed by atoms with Crippen LogP contribution in [0.4, 0.5) is 0 Å². The van der Waals surface area contributed by atoms with Gasteiger partial charge in [-0.15, -0.1) is 0 Å². The largest absolute Gasteiger partial charge is 0.350 e. The normalized spacial score (nSPS) is 16.4. The van der Waals surface area contributed by atoms with Crippen LogP contribution in [0.1, 0.15) is 62.4 Å². The summed E-state index contributed by atoms with van der Waals surface area (Å²) in [5.74, 6) is -0.202. The summed E-state index contributed by atoms with van der Waals surface area (Å²) in [7, 11) is 0. The van der Waals surface area contributed by atoms with E-state index >= 15 is 0 Å². The van der Waals surface area contributed by atoms with Crippen molar-refractivity contribution < 1.29 is 4.79 Å².